The average molecular weight is 332 g/mol. The highest BCUT2D eigenvalue weighted by Gasteiger charge is 2.27. The first-order valence-corrected chi connectivity index (χ1v) is 7.60. The largest absolute Gasteiger partial charge is 0.480 e. The Morgan fingerprint density at radius 2 is 1.88 bits per heavy atom. The van der Waals surface area contributed by atoms with Crippen molar-refractivity contribution < 1.29 is 19.5 Å². The fourth-order valence-corrected chi connectivity index (χ4v) is 2.21. The molecule has 1 rings (SSSR count). The van der Waals surface area contributed by atoms with E-state index in [9.17, 15) is 14.4 Å². The SMILES string of the molecule is C=C(C)c1cccc(C(C)(C)NC(=O)NC(CC(C)=O)C(=O)O)c1. The zero-order chi connectivity index (χ0) is 18.5. The molecule has 0 saturated heterocycles. The lowest BCUT2D eigenvalue weighted by Crippen LogP contribution is -2.52. The fourth-order valence-electron chi connectivity index (χ4n) is 2.21. The number of ketones is 1. The van der Waals surface area contributed by atoms with E-state index in [0.29, 0.717) is 0 Å². The van der Waals surface area contributed by atoms with E-state index in [4.69, 9.17) is 5.11 Å². The molecule has 0 spiro atoms. The maximum Gasteiger partial charge on any atom is 0.326 e. The number of carbonyl (C=O) groups is 3. The van der Waals surface area contributed by atoms with E-state index in [-0.39, 0.29) is 12.2 Å². The van der Waals surface area contributed by atoms with Gasteiger partial charge in [-0.2, -0.15) is 0 Å². The fraction of sp³-hybridized carbons (Fsp3) is 0.389. The Morgan fingerprint density at radius 1 is 1.25 bits per heavy atom. The Morgan fingerprint density at radius 3 is 2.38 bits per heavy atom. The van der Waals surface area contributed by atoms with Crippen molar-refractivity contribution in [2.75, 3.05) is 0 Å². The highest BCUT2D eigenvalue weighted by atomic mass is 16.4. The minimum Gasteiger partial charge on any atom is -0.480 e. The van der Waals surface area contributed by atoms with E-state index < -0.39 is 23.6 Å². The van der Waals surface area contributed by atoms with Crippen LogP contribution in [0.3, 0.4) is 0 Å². The van der Waals surface area contributed by atoms with Crippen LogP contribution in [0.4, 0.5) is 4.79 Å². The Bertz CT molecular complexity index is 665. The smallest absolute Gasteiger partial charge is 0.326 e. The number of rotatable bonds is 7. The number of urea groups is 1. The standard InChI is InChI=1S/C18H24N2O4/c1-11(2)13-7-6-8-14(10-13)18(4,5)20-17(24)19-15(16(22)23)9-12(3)21/h6-8,10,15H,1,9H2,2-5H3,(H,22,23)(H2,19,20,24). The first-order valence-electron chi connectivity index (χ1n) is 7.60. The van der Waals surface area contributed by atoms with Gasteiger partial charge in [-0.3, -0.25) is 4.79 Å². The summed E-state index contributed by atoms with van der Waals surface area (Å²) in [5.74, 6) is -1.56. The molecule has 130 valence electrons. The molecule has 0 heterocycles. The van der Waals surface area contributed by atoms with Gasteiger partial charge in [0.15, 0.2) is 0 Å². The summed E-state index contributed by atoms with van der Waals surface area (Å²) in [5, 5.41) is 14.1. The predicted octanol–water partition coefficient (Wildman–Crippen LogP) is 2.69. The molecule has 6 nitrogen and oxygen atoms in total. The van der Waals surface area contributed by atoms with Gasteiger partial charge in [-0.05, 0) is 44.9 Å². The average Bonchev–Trinajstić information content (AvgIpc) is 2.45. The van der Waals surface area contributed by atoms with Crippen LogP contribution in [0.2, 0.25) is 0 Å². The van der Waals surface area contributed by atoms with Crippen LogP contribution in [0, 0.1) is 0 Å². The summed E-state index contributed by atoms with van der Waals surface area (Å²) in [4.78, 5) is 34.4. The number of nitrogens with one attached hydrogen (secondary N) is 2. The van der Waals surface area contributed by atoms with Gasteiger partial charge in [0.25, 0.3) is 0 Å². The Balaban J connectivity index is 2.87. The van der Waals surface area contributed by atoms with Crippen molar-refractivity contribution in [3.8, 4) is 0 Å². The topological polar surface area (TPSA) is 95.5 Å². The number of Topliss-reactive ketones (excluding diaryl/α,β-unsaturated/α-hetero) is 1. The second-order valence-corrected chi connectivity index (χ2v) is 6.38. The van der Waals surface area contributed by atoms with Gasteiger partial charge in [0, 0.05) is 6.42 Å². The Kier molecular flexibility index (Phi) is 6.28. The third-order valence-electron chi connectivity index (χ3n) is 3.60. The lowest BCUT2D eigenvalue weighted by Gasteiger charge is -2.28. The van der Waals surface area contributed by atoms with Gasteiger partial charge in [-0.25, -0.2) is 9.59 Å². The molecule has 0 fully saturated rings. The summed E-state index contributed by atoms with van der Waals surface area (Å²) in [6, 6.07) is 5.70. The zero-order valence-corrected chi connectivity index (χ0v) is 14.5. The number of aliphatic carboxylic acids is 1. The molecule has 0 aromatic heterocycles. The summed E-state index contributed by atoms with van der Waals surface area (Å²) >= 11 is 0. The van der Waals surface area contributed by atoms with Crippen molar-refractivity contribution in [1.82, 2.24) is 10.6 Å². The van der Waals surface area contributed by atoms with E-state index in [0.717, 1.165) is 16.7 Å². The minimum absolute atomic E-state index is 0.256. The van der Waals surface area contributed by atoms with E-state index in [1.54, 1.807) is 0 Å². The van der Waals surface area contributed by atoms with Crippen LogP contribution in [0.1, 0.15) is 45.2 Å². The lowest BCUT2D eigenvalue weighted by molar-refractivity contribution is -0.140. The lowest BCUT2D eigenvalue weighted by atomic mass is 9.92. The summed E-state index contributed by atoms with van der Waals surface area (Å²) < 4.78 is 0. The number of carboxylic acids is 1. The Labute approximate surface area is 141 Å². The normalized spacial score (nSPS) is 12.2. The monoisotopic (exact) mass is 332 g/mol. The predicted molar refractivity (Wildman–Crippen MR) is 92.6 cm³/mol. The third-order valence-corrected chi connectivity index (χ3v) is 3.60. The van der Waals surface area contributed by atoms with Gasteiger partial charge < -0.3 is 15.7 Å². The first-order chi connectivity index (χ1) is 11.0. The molecule has 3 N–H and O–H groups in total. The molecular weight excluding hydrogens is 308 g/mol. The van der Waals surface area contributed by atoms with Crippen LogP contribution in [-0.4, -0.2) is 28.9 Å². The van der Waals surface area contributed by atoms with E-state index in [1.165, 1.54) is 6.92 Å². The minimum atomic E-state index is -1.25. The number of hydrogen-bond acceptors (Lipinski definition) is 3. The van der Waals surface area contributed by atoms with Crippen LogP contribution < -0.4 is 10.6 Å². The van der Waals surface area contributed by atoms with E-state index in [1.807, 2.05) is 45.0 Å². The molecule has 1 aromatic rings. The summed E-state index contributed by atoms with van der Waals surface area (Å²) in [6.07, 6.45) is -0.256. The van der Waals surface area contributed by atoms with Gasteiger partial charge >= 0.3 is 12.0 Å². The molecule has 1 aromatic carbocycles. The number of amides is 2. The van der Waals surface area contributed by atoms with Gasteiger partial charge in [0.1, 0.15) is 11.8 Å². The highest BCUT2D eigenvalue weighted by Crippen LogP contribution is 2.23. The van der Waals surface area contributed by atoms with Gasteiger partial charge in [-0.15, -0.1) is 0 Å². The van der Waals surface area contributed by atoms with Gasteiger partial charge in [-0.1, -0.05) is 30.4 Å². The molecule has 1 unspecified atom stereocenters. The number of carboxylic acid groups (broad SMARTS) is 1. The van der Waals surface area contributed by atoms with Crippen molar-refractivity contribution in [1.29, 1.82) is 0 Å². The number of hydrogen-bond donors (Lipinski definition) is 3. The first kappa shape index (κ1) is 19.4. The molecule has 24 heavy (non-hydrogen) atoms. The zero-order valence-electron chi connectivity index (χ0n) is 14.5. The number of benzene rings is 1. The summed E-state index contributed by atoms with van der Waals surface area (Å²) in [6.45, 7) is 10.7. The molecule has 0 radical (unpaired) electrons. The second-order valence-electron chi connectivity index (χ2n) is 6.38. The van der Waals surface area contributed by atoms with Crippen LogP contribution in [0.25, 0.3) is 5.57 Å². The van der Waals surface area contributed by atoms with Crippen LogP contribution in [-0.2, 0) is 15.1 Å². The number of allylic oxidation sites excluding steroid dienone is 1. The summed E-state index contributed by atoms with van der Waals surface area (Å²) in [5.41, 5.74) is 2.00. The van der Waals surface area contributed by atoms with Crippen LogP contribution in [0.5, 0.6) is 0 Å². The van der Waals surface area contributed by atoms with Crippen LogP contribution in [0.15, 0.2) is 30.8 Å². The van der Waals surface area contributed by atoms with Crippen molar-refractivity contribution in [2.24, 2.45) is 0 Å². The maximum absolute atomic E-state index is 12.1. The molecule has 0 aliphatic rings. The quantitative estimate of drug-likeness (QED) is 0.715. The van der Waals surface area contributed by atoms with Crippen molar-refractivity contribution >= 4 is 23.4 Å². The van der Waals surface area contributed by atoms with E-state index >= 15 is 0 Å². The molecular formula is C18H24N2O4. The van der Waals surface area contributed by atoms with Crippen molar-refractivity contribution in [3.05, 3.63) is 42.0 Å². The van der Waals surface area contributed by atoms with E-state index in [2.05, 4.69) is 17.2 Å². The molecule has 1 atom stereocenters. The van der Waals surface area contributed by atoms with Crippen molar-refractivity contribution in [2.45, 2.75) is 45.7 Å². The van der Waals surface area contributed by atoms with Crippen molar-refractivity contribution in [3.63, 3.8) is 0 Å². The molecule has 6 heteroatoms. The molecule has 0 bridgehead atoms. The van der Waals surface area contributed by atoms with Gasteiger partial charge in [0.05, 0.1) is 5.54 Å². The summed E-state index contributed by atoms with van der Waals surface area (Å²) in [7, 11) is 0. The molecule has 0 saturated carbocycles. The highest BCUT2D eigenvalue weighted by molar-refractivity contribution is 5.88. The third kappa shape index (κ3) is 5.53. The molecule has 2 amide bonds. The molecule has 0 aliphatic carbocycles. The molecule has 0 aliphatic heterocycles. The maximum atomic E-state index is 12.1. The number of carbonyl (C=O) groups excluding carboxylic acids is 2. The van der Waals surface area contributed by atoms with Gasteiger partial charge in [0.2, 0.25) is 0 Å². The van der Waals surface area contributed by atoms with Crippen LogP contribution >= 0.6 is 0 Å². The second kappa shape index (κ2) is 7.77. The Hall–Kier alpha value is -2.63.